The van der Waals surface area contributed by atoms with Crippen molar-refractivity contribution in [1.82, 2.24) is 10.6 Å². The number of alkyl halides is 3. The number of carboxylic acid groups (broad SMARTS) is 2. The normalized spacial score (nSPS) is 12.1. The van der Waals surface area contributed by atoms with Gasteiger partial charge in [-0.3, -0.25) is 9.59 Å². The third-order valence-electron chi connectivity index (χ3n) is 5.82. The monoisotopic (exact) mass is 658 g/mol. The number of aromatic hydroxyl groups is 4. The Morgan fingerprint density at radius 2 is 1.38 bits per heavy atom. The van der Waals surface area contributed by atoms with Crippen molar-refractivity contribution in [1.29, 1.82) is 0 Å². The van der Waals surface area contributed by atoms with Crippen LogP contribution in [0.25, 0.3) is 0 Å². The highest BCUT2D eigenvalue weighted by Gasteiger charge is 2.38. The Hall–Kier alpha value is -6.78. The van der Waals surface area contributed by atoms with Crippen LogP contribution in [0.15, 0.2) is 90.6 Å². The second-order valence-corrected chi connectivity index (χ2v) is 9.03. The average Bonchev–Trinajstić information content (AvgIpc) is 3.21. The van der Waals surface area contributed by atoms with E-state index in [2.05, 4.69) is 10.6 Å². The van der Waals surface area contributed by atoms with Gasteiger partial charge in [0.1, 0.15) is 34.3 Å². The molecule has 1 aliphatic heterocycles. The predicted octanol–water partition coefficient (Wildman–Crippen LogP) is 3.50. The molecule has 3 aromatic carbocycles. The van der Waals surface area contributed by atoms with Gasteiger partial charge < -0.3 is 46.0 Å². The predicted molar refractivity (Wildman–Crippen MR) is 151 cm³/mol. The van der Waals surface area contributed by atoms with Gasteiger partial charge in [-0.2, -0.15) is 13.2 Å². The van der Waals surface area contributed by atoms with Crippen LogP contribution in [0.5, 0.6) is 23.0 Å². The number of carboxylic acids is 2. The molecule has 0 aliphatic carbocycles. The van der Waals surface area contributed by atoms with Crippen LogP contribution < -0.4 is 10.6 Å². The molecule has 17 heteroatoms. The summed E-state index contributed by atoms with van der Waals surface area (Å²) >= 11 is 0. The first-order valence-electron chi connectivity index (χ1n) is 12.6. The van der Waals surface area contributed by atoms with Crippen LogP contribution in [0.3, 0.4) is 0 Å². The Morgan fingerprint density at radius 1 is 0.787 bits per heavy atom. The molecule has 0 unspecified atom stereocenters. The van der Waals surface area contributed by atoms with Crippen LogP contribution >= 0.6 is 0 Å². The lowest BCUT2D eigenvalue weighted by atomic mass is 9.95. The molecule has 0 radical (unpaired) electrons. The number of benzene rings is 3. The minimum atomic E-state index is -5.08. The second-order valence-electron chi connectivity index (χ2n) is 9.03. The fraction of sp³-hybridized carbons (Fsp3) is 0.0333. The lowest BCUT2D eigenvalue weighted by Crippen LogP contribution is -2.26. The van der Waals surface area contributed by atoms with Crippen LogP contribution in [0.1, 0.15) is 47.0 Å². The summed E-state index contributed by atoms with van der Waals surface area (Å²) in [6.45, 7) is 0. The Kier molecular flexibility index (Phi) is 10.6. The summed E-state index contributed by atoms with van der Waals surface area (Å²) in [5.74, 6) is -9.78. The number of hydrogen-bond donors (Lipinski definition) is 8. The van der Waals surface area contributed by atoms with Gasteiger partial charge in [0, 0.05) is 18.0 Å². The summed E-state index contributed by atoms with van der Waals surface area (Å²) in [5, 5.41) is 62.3. The van der Waals surface area contributed by atoms with E-state index >= 15 is 0 Å². The van der Waals surface area contributed by atoms with Crippen molar-refractivity contribution in [3.8, 4) is 23.0 Å². The van der Waals surface area contributed by atoms with Crippen LogP contribution in [0.4, 0.5) is 13.2 Å². The van der Waals surface area contributed by atoms with Gasteiger partial charge in [-0.25, -0.2) is 14.4 Å². The molecule has 0 spiro atoms. The van der Waals surface area contributed by atoms with E-state index in [-0.39, 0.29) is 22.8 Å². The molecule has 0 atom stereocenters. The number of nitrogens with one attached hydrogen (secondary N) is 2. The molecule has 0 aromatic heterocycles. The highest BCUT2D eigenvalue weighted by atomic mass is 19.4. The minimum absolute atomic E-state index is 0.0345. The zero-order valence-electron chi connectivity index (χ0n) is 23.3. The number of hydrogen-bond acceptors (Lipinski definition) is 11. The number of esters is 1. The quantitative estimate of drug-likeness (QED) is 0.134. The number of amides is 1. The SMILES string of the molecule is O=C(NC1=CNC=CC=C1OC(=O)c1cc(O)c(C(=O)c2c(O)cccc2C(=O)O)c(O)c1)c1ccc(O)cc1.O=C(O)C(F)(F)F. The number of aliphatic carboxylic acids is 1. The molecule has 1 amide bonds. The van der Waals surface area contributed by atoms with Gasteiger partial charge in [0.05, 0.1) is 16.7 Å². The molecule has 1 heterocycles. The van der Waals surface area contributed by atoms with E-state index in [1.165, 1.54) is 54.9 Å². The van der Waals surface area contributed by atoms with Crippen LogP contribution in [-0.4, -0.2) is 66.4 Å². The van der Waals surface area contributed by atoms with Gasteiger partial charge in [0.15, 0.2) is 5.76 Å². The minimum Gasteiger partial charge on any atom is -0.508 e. The molecule has 0 fully saturated rings. The molecule has 0 bridgehead atoms. The summed E-state index contributed by atoms with van der Waals surface area (Å²) in [6, 6.07) is 10.4. The fourth-order valence-corrected chi connectivity index (χ4v) is 3.68. The molecule has 47 heavy (non-hydrogen) atoms. The number of phenols is 4. The number of phenolic OH excluding ortho intramolecular Hbond substituents is 4. The standard InChI is InChI=1S/C28H20N2O10.C2HF3O2/c31-16-8-6-14(7-9-16)26(36)30-18-13-29-10-2-5-22(18)40-28(39)15-11-20(33)24(21(34)12-15)25(35)23-17(27(37)38)3-1-4-19(23)32;3-2(4,5)1(6)7/h1-13,29,31-34H,(H,30,36)(H,37,38);(H,6,7). The molecule has 14 nitrogen and oxygen atoms in total. The maximum absolute atomic E-state index is 13.0. The van der Waals surface area contributed by atoms with E-state index in [9.17, 15) is 57.9 Å². The summed E-state index contributed by atoms with van der Waals surface area (Å²) < 4.78 is 37.1. The van der Waals surface area contributed by atoms with Crippen molar-refractivity contribution in [3.05, 3.63) is 118 Å². The molecule has 0 saturated heterocycles. The molecule has 8 N–H and O–H groups in total. The first kappa shape index (κ1) is 34.7. The van der Waals surface area contributed by atoms with Crippen LogP contribution in [0, 0.1) is 0 Å². The Morgan fingerprint density at radius 3 is 1.94 bits per heavy atom. The highest BCUT2D eigenvalue weighted by Crippen LogP contribution is 2.35. The van der Waals surface area contributed by atoms with E-state index in [1.807, 2.05) is 0 Å². The largest absolute Gasteiger partial charge is 0.508 e. The number of carbonyl (C=O) groups is 5. The lowest BCUT2D eigenvalue weighted by Gasteiger charge is -2.15. The Bertz CT molecular complexity index is 1820. The van der Waals surface area contributed by atoms with Crippen LogP contribution in [0.2, 0.25) is 0 Å². The fourth-order valence-electron chi connectivity index (χ4n) is 3.68. The van der Waals surface area contributed by atoms with Crippen molar-refractivity contribution >= 4 is 29.6 Å². The van der Waals surface area contributed by atoms with Crippen molar-refractivity contribution in [2.45, 2.75) is 6.18 Å². The van der Waals surface area contributed by atoms with E-state index in [1.54, 1.807) is 0 Å². The van der Waals surface area contributed by atoms with E-state index in [0.717, 1.165) is 24.3 Å². The molecule has 244 valence electrons. The molecule has 4 rings (SSSR count). The number of halogens is 3. The van der Waals surface area contributed by atoms with Crippen molar-refractivity contribution in [2.75, 3.05) is 0 Å². The van der Waals surface area contributed by atoms with E-state index < -0.39 is 75.3 Å². The molecule has 3 aromatic rings. The highest BCUT2D eigenvalue weighted by molar-refractivity contribution is 6.18. The number of aromatic carboxylic acids is 1. The van der Waals surface area contributed by atoms with Crippen molar-refractivity contribution < 1.29 is 72.5 Å². The number of ether oxygens (including phenoxy) is 1. The second kappa shape index (κ2) is 14.3. The molecular weight excluding hydrogens is 637 g/mol. The average molecular weight is 658 g/mol. The van der Waals surface area contributed by atoms with Gasteiger partial charge in [-0.1, -0.05) is 6.07 Å². The third kappa shape index (κ3) is 8.66. The summed E-state index contributed by atoms with van der Waals surface area (Å²) in [4.78, 5) is 59.0. The molecule has 1 aliphatic rings. The summed E-state index contributed by atoms with van der Waals surface area (Å²) in [6.07, 6.45) is 0.561. The summed E-state index contributed by atoms with van der Waals surface area (Å²) in [7, 11) is 0. The van der Waals surface area contributed by atoms with Gasteiger partial charge in [-0.05, 0) is 60.7 Å². The van der Waals surface area contributed by atoms with Gasteiger partial charge in [0.25, 0.3) is 5.91 Å². The third-order valence-corrected chi connectivity index (χ3v) is 5.82. The maximum Gasteiger partial charge on any atom is 0.490 e. The van der Waals surface area contributed by atoms with Gasteiger partial charge >= 0.3 is 24.1 Å². The first-order valence-corrected chi connectivity index (χ1v) is 12.6. The smallest absolute Gasteiger partial charge is 0.490 e. The number of allylic oxidation sites excluding steroid dienone is 2. The number of carbonyl (C=O) groups excluding carboxylic acids is 3. The van der Waals surface area contributed by atoms with Crippen LogP contribution in [-0.2, 0) is 9.53 Å². The van der Waals surface area contributed by atoms with E-state index in [4.69, 9.17) is 14.6 Å². The Balaban J connectivity index is 0.000000771. The van der Waals surface area contributed by atoms with Crippen molar-refractivity contribution in [3.63, 3.8) is 0 Å². The number of ketones is 1. The topological polar surface area (TPSA) is 240 Å². The molecular formula is C30H21F3N2O12. The van der Waals surface area contributed by atoms with E-state index in [0.29, 0.717) is 0 Å². The maximum atomic E-state index is 13.0. The number of rotatable bonds is 7. The Labute approximate surface area is 260 Å². The lowest BCUT2D eigenvalue weighted by molar-refractivity contribution is -0.192. The molecule has 0 saturated carbocycles. The van der Waals surface area contributed by atoms with Crippen molar-refractivity contribution in [2.24, 2.45) is 0 Å². The van der Waals surface area contributed by atoms with Gasteiger partial charge in [0.2, 0.25) is 5.78 Å². The zero-order valence-corrected chi connectivity index (χ0v) is 23.3. The zero-order chi connectivity index (χ0) is 35.1. The summed E-state index contributed by atoms with van der Waals surface area (Å²) in [5.41, 5.74) is -2.14. The van der Waals surface area contributed by atoms with Gasteiger partial charge in [-0.15, -0.1) is 0 Å². The first-order chi connectivity index (χ1) is 22.0.